The molecule has 24 heavy (non-hydrogen) atoms. The predicted octanol–water partition coefficient (Wildman–Crippen LogP) is 3.48. The molecular weight excluding hydrogens is 368 g/mol. The second-order valence-corrected chi connectivity index (χ2v) is 6.50. The molecule has 122 valence electrons. The lowest BCUT2D eigenvalue weighted by Crippen LogP contribution is -2.24. The van der Waals surface area contributed by atoms with E-state index < -0.39 is 0 Å². The molecule has 0 aliphatic carbocycles. The summed E-state index contributed by atoms with van der Waals surface area (Å²) in [5.74, 6) is 0.699. The molecule has 0 saturated carbocycles. The van der Waals surface area contributed by atoms with Crippen molar-refractivity contribution in [2.75, 3.05) is 11.9 Å². The Morgan fingerprint density at radius 2 is 2.17 bits per heavy atom. The van der Waals surface area contributed by atoms with Crippen molar-refractivity contribution in [3.8, 4) is 0 Å². The average molecular weight is 385 g/mol. The molecular formula is C18H17BrN4O. The maximum atomic E-state index is 11.3. The largest absolute Gasteiger partial charge is 0.342 e. The van der Waals surface area contributed by atoms with Gasteiger partial charge in [0.1, 0.15) is 11.9 Å². The first-order valence-electron chi connectivity index (χ1n) is 7.64. The molecule has 0 spiro atoms. The summed E-state index contributed by atoms with van der Waals surface area (Å²) in [6.45, 7) is 3.63. The van der Waals surface area contributed by atoms with Crippen LogP contribution in [0.1, 0.15) is 25.1 Å². The average Bonchev–Trinajstić information content (AvgIpc) is 2.70. The molecule has 1 atom stereocenters. The highest BCUT2D eigenvalue weighted by atomic mass is 79.9. The van der Waals surface area contributed by atoms with E-state index in [0.29, 0.717) is 5.84 Å². The third-order valence-corrected chi connectivity index (χ3v) is 4.09. The number of benzodiazepines with no additional fused rings is 1. The molecule has 2 heterocycles. The minimum absolute atomic E-state index is 0.0192. The van der Waals surface area contributed by atoms with Gasteiger partial charge in [0, 0.05) is 21.9 Å². The van der Waals surface area contributed by atoms with E-state index in [1.807, 2.05) is 43.3 Å². The Bertz CT molecular complexity index is 830. The number of pyridine rings is 1. The van der Waals surface area contributed by atoms with E-state index in [9.17, 15) is 4.79 Å². The van der Waals surface area contributed by atoms with E-state index in [-0.39, 0.29) is 18.4 Å². The molecule has 2 aromatic rings. The van der Waals surface area contributed by atoms with Gasteiger partial charge >= 0.3 is 0 Å². The molecule has 1 aromatic carbocycles. The first-order valence-corrected chi connectivity index (χ1v) is 8.44. The molecule has 1 aliphatic heterocycles. The van der Waals surface area contributed by atoms with E-state index in [1.54, 1.807) is 6.20 Å². The van der Waals surface area contributed by atoms with E-state index >= 15 is 0 Å². The highest BCUT2D eigenvalue weighted by Crippen LogP contribution is 2.27. The second-order valence-electron chi connectivity index (χ2n) is 5.59. The van der Waals surface area contributed by atoms with Crippen molar-refractivity contribution in [3.63, 3.8) is 0 Å². The van der Waals surface area contributed by atoms with Crippen molar-refractivity contribution in [1.82, 2.24) is 4.98 Å². The van der Waals surface area contributed by atoms with Crippen LogP contribution in [0.25, 0.3) is 0 Å². The van der Waals surface area contributed by atoms with Crippen molar-refractivity contribution in [3.05, 3.63) is 58.3 Å². The zero-order valence-corrected chi connectivity index (χ0v) is 15.0. The van der Waals surface area contributed by atoms with E-state index in [1.165, 1.54) is 6.92 Å². The Balaban J connectivity index is 2.14. The first-order chi connectivity index (χ1) is 11.5. The van der Waals surface area contributed by atoms with Gasteiger partial charge in [-0.2, -0.15) is 0 Å². The minimum atomic E-state index is -0.201. The van der Waals surface area contributed by atoms with Crippen LogP contribution in [0.2, 0.25) is 0 Å². The summed E-state index contributed by atoms with van der Waals surface area (Å²) in [5, 5.41) is 3.33. The minimum Gasteiger partial charge on any atom is -0.342 e. The van der Waals surface area contributed by atoms with E-state index in [0.717, 1.165) is 27.1 Å². The number of carbonyl (C=O) groups is 1. The fourth-order valence-electron chi connectivity index (χ4n) is 2.46. The fraction of sp³-hybridized carbons (Fsp3) is 0.222. The van der Waals surface area contributed by atoms with Gasteiger partial charge in [0.25, 0.3) is 0 Å². The number of nitrogens with zero attached hydrogens (tertiary/aromatic N) is 3. The van der Waals surface area contributed by atoms with E-state index in [4.69, 9.17) is 4.99 Å². The number of ketones is 1. The Morgan fingerprint density at radius 1 is 1.33 bits per heavy atom. The topological polar surface area (TPSA) is 66.7 Å². The summed E-state index contributed by atoms with van der Waals surface area (Å²) in [5.41, 5.74) is 3.45. The summed E-state index contributed by atoms with van der Waals surface area (Å²) < 4.78 is 0.962. The zero-order chi connectivity index (χ0) is 17.1. The van der Waals surface area contributed by atoms with Crippen LogP contribution in [-0.2, 0) is 4.79 Å². The van der Waals surface area contributed by atoms with Crippen molar-refractivity contribution in [2.45, 2.75) is 19.9 Å². The highest BCUT2D eigenvalue weighted by Gasteiger charge is 2.22. The number of aromatic nitrogens is 1. The number of hydrogen-bond donors (Lipinski definition) is 1. The second kappa shape index (κ2) is 7.05. The van der Waals surface area contributed by atoms with Gasteiger partial charge in [0.2, 0.25) is 0 Å². The van der Waals surface area contributed by atoms with Crippen LogP contribution < -0.4 is 5.32 Å². The molecule has 0 radical (unpaired) electrons. The summed E-state index contributed by atoms with van der Waals surface area (Å²) in [6, 6.07) is 11.5. The van der Waals surface area contributed by atoms with Crippen molar-refractivity contribution < 1.29 is 4.79 Å². The number of halogens is 1. The normalized spacial score (nSPS) is 18.4. The van der Waals surface area contributed by atoms with Gasteiger partial charge in [-0.1, -0.05) is 22.0 Å². The summed E-state index contributed by atoms with van der Waals surface area (Å²) in [7, 11) is 0. The van der Waals surface area contributed by atoms with Gasteiger partial charge in [0.15, 0.2) is 5.78 Å². The number of amidine groups is 1. The van der Waals surface area contributed by atoms with Crippen LogP contribution in [0.15, 0.2) is 57.1 Å². The number of hydrogen-bond acceptors (Lipinski definition) is 4. The number of nitrogens with one attached hydrogen (secondary N) is 1. The molecule has 1 unspecified atom stereocenters. The molecule has 0 fully saturated rings. The molecule has 1 aromatic heterocycles. The molecule has 1 N–H and O–H groups in total. The van der Waals surface area contributed by atoms with Crippen LogP contribution in [0.3, 0.4) is 0 Å². The summed E-state index contributed by atoms with van der Waals surface area (Å²) in [6.07, 6.45) is 1.75. The lowest BCUT2D eigenvalue weighted by atomic mass is 10.0. The number of anilines is 1. The molecule has 1 aliphatic rings. The van der Waals surface area contributed by atoms with Gasteiger partial charge < -0.3 is 5.32 Å². The Labute approximate surface area is 149 Å². The number of benzene rings is 1. The van der Waals surface area contributed by atoms with E-state index in [2.05, 4.69) is 31.2 Å². The fourth-order valence-corrected chi connectivity index (χ4v) is 2.82. The van der Waals surface area contributed by atoms with Gasteiger partial charge in [-0.3, -0.25) is 19.8 Å². The number of fused-ring (bicyclic) bond motifs is 1. The first kappa shape index (κ1) is 16.5. The maximum absolute atomic E-state index is 11.3. The number of rotatable bonds is 3. The molecule has 5 nitrogen and oxygen atoms in total. The number of aliphatic imine (C=N–C) groups is 2. The lowest BCUT2D eigenvalue weighted by Gasteiger charge is -2.12. The third kappa shape index (κ3) is 3.59. The number of carbonyl (C=O) groups excluding carboxylic acids is 1. The van der Waals surface area contributed by atoms with Crippen LogP contribution in [0, 0.1) is 0 Å². The third-order valence-electron chi connectivity index (χ3n) is 3.60. The quantitative estimate of drug-likeness (QED) is 0.880. The highest BCUT2D eigenvalue weighted by molar-refractivity contribution is 9.10. The van der Waals surface area contributed by atoms with Crippen molar-refractivity contribution in [1.29, 1.82) is 0 Å². The number of Topliss-reactive ketones (excluding diaryl/α,β-unsaturated/α-hetero) is 1. The van der Waals surface area contributed by atoms with Crippen molar-refractivity contribution >= 4 is 38.9 Å². The summed E-state index contributed by atoms with van der Waals surface area (Å²) in [4.78, 5) is 24.9. The zero-order valence-electron chi connectivity index (χ0n) is 13.5. The van der Waals surface area contributed by atoms with Crippen molar-refractivity contribution in [2.24, 2.45) is 9.98 Å². The van der Waals surface area contributed by atoms with Gasteiger partial charge in [0.05, 0.1) is 18.0 Å². The van der Waals surface area contributed by atoms with Gasteiger partial charge in [-0.25, -0.2) is 0 Å². The van der Waals surface area contributed by atoms with Crippen LogP contribution in [0.5, 0.6) is 0 Å². The lowest BCUT2D eigenvalue weighted by molar-refractivity contribution is -0.115. The molecule has 0 saturated heterocycles. The molecule has 0 bridgehead atoms. The predicted molar refractivity (Wildman–Crippen MR) is 100 cm³/mol. The maximum Gasteiger partial charge on any atom is 0.151 e. The standard InChI is InChI=1S/C18H17BrN4O/c1-11(24)10-21-18-12(2)22-17(16-5-3-4-8-20-16)14-9-13(19)6-7-15(14)23-18/h3-9,12H,10H2,1-2H3,(H,21,23). The summed E-state index contributed by atoms with van der Waals surface area (Å²) >= 11 is 3.52. The smallest absolute Gasteiger partial charge is 0.151 e. The van der Waals surface area contributed by atoms with Gasteiger partial charge in [-0.15, -0.1) is 0 Å². The molecule has 6 heteroatoms. The Hall–Kier alpha value is -2.34. The Kier molecular flexibility index (Phi) is 4.85. The SMILES string of the molecule is CC(=O)CN=C1Nc2ccc(Br)cc2C(c2ccccn2)=NC1C. The Morgan fingerprint density at radius 3 is 2.88 bits per heavy atom. The van der Waals surface area contributed by atoms with Crippen LogP contribution in [-0.4, -0.2) is 34.9 Å². The molecule has 0 amide bonds. The monoisotopic (exact) mass is 384 g/mol. The van der Waals surface area contributed by atoms with Crippen LogP contribution in [0.4, 0.5) is 5.69 Å². The van der Waals surface area contributed by atoms with Crippen LogP contribution >= 0.6 is 15.9 Å². The molecule has 3 rings (SSSR count). The van der Waals surface area contributed by atoms with Gasteiger partial charge in [-0.05, 0) is 44.2 Å².